The summed E-state index contributed by atoms with van der Waals surface area (Å²) in [4.78, 5) is 12.6. The summed E-state index contributed by atoms with van der Waals surface area (Å²) in [5.74, 6) is 6.18. The Bertz CT molecular complexity index is 1330. The highest BCUT2D eigenvalue weighted by Gasteiger charge is 2.12. The minimum Gasteiger partial charge on any atom is -0.435 e. The van der Waals surface area contributed by atoms with Gasteiger partial charge in [-0.25, -0.2) is 8.42 Å². The molecule has 3 aromatic carbocycles. The number of nitrogens with one attached hydrogen (secondary N) is 1. The summed E-state index contributed by atoms with van der Waals surface area (Å²) in [5, 5.41) is 2.82. The Morgan fingerprint density at radius 3 is 2.14 bits per heavy atom. The van der Waals surface area contributed by atoms with Crippen LogP contribution in [0.2, 0.25) is 0 Å². The summed E-state index contributed by atoms with van der Waals surface area (Å²) in [7, 11) is -3.27. The van der Waals surface area contributed by atoms with Gasteiger partial charge in [0.15, 0.2) is 9.84 Å². The van der Waals surface area contributed by atoms with Crippen molar-refractivity contribution >= 4 is 21.4 Å². The molecule has 0 radical (unpaired) electrons. The fraction of sp³-hybridized carbons (Fsp3) is 0.250. The summed E-state index contributed by atoms with van der Waals surface area (Å²) >= 11 is 0. The van der Waals surface area contributed by atoms with Crippen molar-refractivity contribution in [3.63, 3.8) is 0 Å². The maximum Gasteiger partial charge on any atom is 0.387 e. The molecular formula is C28H27F2NO4S. The molecule has 188 valence electrons. The van der Waals surface area contributed by atoms with Gasteiger partial charge in [0, 0.05) is 17.2 Å². The van der Waals surface area contributed by atoms with E-state index in [0.29, 0.717) is 11.3 Å². The van der Waals surface area contributed by atoms with Gasteiger partial charge in [-0.3, -0.25) is 4.79 Å². The van der Waals surface area contributed by atoms with Crippen molar-refractivity contribution in [2.75, 3.05) is 11.1 Å². The second-order valence-electron chi connectivity index (χ2n) is 8.03. The molecular weight excluding hydrogens is 484 g/mol. The van der Waals surface area contributed by atoms with Crippen molar-refractivity contribution in [1.29, 1.82) is 0 Å². The number of halogens is 2. The highest BCUT2D eigenvalue weighted by atomic mass is 32.2. The van der Waals surface area contributed by atoms with Crippen LogP contribution in [0.3, 0.4) is 0 Å². The quantitative estimate of drug-likeness (QED) is 0.368. The lowest BCUT2D eigenvalue weighted by molar-refractivity contribution is -0.115. The van der Waals surface area contributed by atoms with Crippen LogP contribution in [0, 0.1) is 11.8 Å². The third kappa shape index (κ3) is 7.65. The first-order valence-corrected chi connectivity index (χ1v) is 13.1. The molecule has 3 aromatic rings. The number of hydrogen-bond acceptors (Lipinski definition) is 4. The Balaban J connectivity index is 1.58. The summed E-state index contributed by atoms with van der Waals surface area (Å²) in [6.07, 6.45) is 0.870. The molecule has 1 N–H and O–H groups in total. The standard InChI is InChI=1S/C28H27F2NO4S/c1-3-22(23-11-15-25(16-12-23)35-28(29)30)10-5-20-6-13-24(14-7-20)31-27(32)19-21-8-17-26(18-9-21)36(33,34)4-2/h6-9,11-18,22,28H,3-4,19H2,1-2H3,(H,31,32). The van der Waals surface area contributed by atoms with E-state index in [9.17, 15) is 22.0 Å². The van der Waals surface area contributed by atoms with Gasteiger partial charge in [0.2, 0.25) is 5.91 Å². The van der Waals surface area contributed by atoms with E-state index < -0.39 is 16.4 Å². The van der Waals surface area contributed by atoms with Crippen LogP contribution in [0.4, 0.5) is 14.5 Å². The van der Waals surface area contributed by atoms with Crippen molar-refractivity contribution in [3.05, 3.63) is 89.5 Å². The average Bonchev–Trinajstić information content (AvgIpc) is 2.86. The molecule has 0 aliphatic rings. The molecule has 0 fully saturated rings. The molecule has 5 nitrogen and oxygen atoms in total. The van der Waals surface area contributed by atoms with E-state index in [1.54, 1.807) is 55.5 Å². The molecule has 3 rings (SSSR count). The molecule has 1 unspecified atom stereocenters. The third-order valence-corrected chi connectivity index (χ3v) is 7.25. The van der Waals surface area contributed by atoms with Crippen LogP contribution >= 0.6 is 0 Å². The van der Waals surface area contributed by atoms with E-state index in [1.807, 2.05) is 6.92 Å². The second-order valence-corrected chi connectivity index (χ2v) is 10.3. The summed E-state index contributed by atoms with van der Waals surface area (Å²) in [6.45, 7) is 0.728. The highest BCUT2D eigenvalue weighted by molar-refractivity contribution is 7.91. The van der Waals surface area contributed by atoms with Gasteiger partial charge in [-0.05, 0) is 66.1 Å². The number of carbonyl (C=O) groups excluding carboxylic acids is 1. The predicted octanol–water partition coefficient (Wildman–Crippen LogP) is 5.81. The average molecular weight is 512 g/mol. The maximum absolute atomic E-state index is 12.4. The number of ether oxygens (including phenoxy) is 1. The van der Waals surface area contributed by atoms with Gasteiger partial charge in [-0.2, -0.15) is 8.78 Å². The fourth-order valence-electron chi connectivity index (χ4n) is 3.48. The van der Waals surface area contributed by atoms with Crippen LogP contribution in [0.15, 0.2) is 77.7 Å². The Hall–Kier alpha value is -3.70. The smallest absolute Gasteiger partial charge is 0.387 e. The van der Waals surface area contributed by atoms with E-state index in [1.165, 1.54) is 24.3 Å². The summed E-state index contributed by atoms with van der Waals surface area (Å²) in [5.41, 5.74) is 3.02. The lowest BCUT2D eigenvalue weighted by atomic mass is 9.96. The molecule has 1 atom stereocenters. The summed E-state index contributed by atoms with van der Waals surface area (Å²) < 4.78 is 52.8. The molecule has 8 heteroatoms. The number of benzene rings is 3. The molecule has 0 aromatic heterocycles. The van der Waals surface area contributed by atoms with Crippen molar-refractivity contribution in [2.24, 2.45) is 0 Å². The monoisotopic (exact) mass is 511 g/mol. The Labute approximate surface area is 210 Å². The molecule has 0 bridgehead atoms. The van der Waals surface area contributed by atoms with Crippen LogP contribution in [0.5, 0.6) is 5.75 Å². The van der Waals surface area contributed by atoms with Crippen LogP contribution in [0.25, 0.3) is 0 Å². The van der Waals surface area contributed by atoms with Gasteiger partial charge >= 0.3 is 6.61 Å². The largest absolute Gasteiger partial charge is 0.435 e. The number of rotatable bonds is 9. The SMILES string of the molecule is CCC(C#Cc1ccc(NC(=O)Cc2ccc(S(=O)(=O)CC)cc2)cc1)c1ccc(OC(F)F)cc1. The van der Waals surface area contributed by atoms with Crippen molar-refractivity contribution in [2.45, 2.75) is 44.1 Å². The first-order valence-electron chi connectivity index (χ1n) is 11.5. The Morgan fingerprint density at radius 2 is 1.58 bits per heavy atom. The van der Waals surface area contributed by atoms with Gasteiger partial charge in [-0.15, -0.1) is 0 Å². The first-order chi connectivity index (χ1) is 17.2. The number of anilines is 1. The molecule has 0 spiro atoms. The lowest BCUT2D eigenvalue weighted by Crippen LogP contribution is -2.14. The fourth-order valence-corrected chi connectivity index (χ4v) is 4.37. The molecule has 1 amide bonds. The number of hydrogen-bond donors (Lipinski definition) is 1. The third-order valence-electron chi connectivity index (χ3n) is 5.50. The van der Waals surface area contributed by atoms with Gasteiger partial charge in [0.25, 0.3) is 0 Å². The number of carbonyl (C=O) groups is 1. The van der Waals surface area contributed by atoms with Gasteiger partial charge < -0.3 is 10.1 Å². The van der Waals surface area contributed by atoms with Crippen LogP contribution in [-0.4, -0.2) is 26.7 Å². The molecule has 36 heavy (non-hydrogen) atoms. The molecule has 0 heterocycles. The summed E-state index contributed by atoms with van der Waals surface area (Å²) in [6, 6.07) is 19.9. The zero-order valence-electron chi connectivity index (χ0n) is 20.0. The highest BCUT2D eigenvalue weighted by Crippen LogP contribution is 2.23. The van der Waals surface area contributed by atoms with Crippen LogP contribution in [0.1, 0.15) is 42.9 Å². The zero-order chi connectivity index (χ0) is 26.1. The topological polar surface area (TPSA) is 72.5 Å². The first kappa shape index (κ1) is 26.9. The van der Waals surface area contributed by atoms with Gasteiger partial charge in [-0.1, -0.05) is 50.0 Å². The van der Waals surface area contributed by atoms with Crippen molar-refractivity contribution in [3.8, 4) is 17.6 Å². The normalized spacial score (nSPS) is 11.9. The number of amides is 1. The van der Waals surface area contributed by atoms with Crippen LogP contribution in [-0.2, 0) is 21.1 Å². The minimum absolute atomic E-state index is 0.0262. The van der Waals surface area contributed by atoms with Crippen molar-refractivity contribution < 1.29 is 26.7 Å². The van der Waals surface area contributed by atoms with E-state index in [2.05, 4.69) is 21.9 Å². The number of sulfone groups is 1. The van der Waals surface area contributed by atoms with E-state index >= 15 is 0 Å². The minimum atomic E-state index is -3.27. The molecule has 0 aliphatic carbocycles. The molecule has 0 saturated heterocycles. The Morgan fingerprint density at radius 1 is 0.944 bits per heavy atom. The zero-order valence-corrected chi connectivity index (χ0v) is 20.8. The molecule has 0 aliphatic heterocycles. The Kier molecular flexibility index (Phi) is 9.20. The number of alkyl halides is 2. The van der Waals surface area contributed by atoms with Crippen LogP contribution < -0.4 is 10.1 Å². The van der Waals surface area contributed by atoms with Gasteiger partial charge in [0.1, 0.15) is 5.75 Å². The van der Waals surface area contributed by atoms with E-state index in [4.69, 9.17) is 0 Å². The van der Waals surface area contributed by atoms with Gasteiger partial charge in [0.05, 0.1) is 17.1 Å². The molecule has 0 saturated carbocycles. The van der Waals surface area contributed by atoms with E-state index in [-0.39, 0.29) is 34.6 Å². The van der Waals surface area contributed by atoms with Crippen molar-refractivity contribution in [1.82, 2.24) is 0 Å². The lowest BCUT2D eigenvalue weighted by Gasteiger charge is -2.10. The predicted molar refractivity (Wildman–Crippen MR) is 136 cm³/mol. The maximum atomic E-state index is 12.4. The van der Waals surface area contributed by atoms with E-state index in [0.717, 1.165) is 17.5 Å². The second kappa shape index (κ2) is 12.3.